The lowest BCUT2D eigenvalue weighted by Gasteiger charge is -2.10. The van der Waals surface area contributed by atoms with Crippen LogP contribution in [0.4, 0.5) is 0 Å². The highest BCUT2D eigenvalue weighted by Gasteiger charge is 2.25. The van der Waals surface area contributed by atoms with Gasteiger partial charge in [-0.05, 0) is 30.9 Å². The number of nitrogens with zero attached hydrogens (tertiary/aromatic N) is 1. The minimum Gasteiger partial charge on any atom is -0.493 e. The molecule has 5 nitrogen and oxygen atoms in total. The largest absolute Gasteiger partial charge is 0.493 e. The summed E-state index contributed by atoms with van der Waals surface area (Å²) in [6, 6.07) is 3.39. The first kappa shape index (κ1) is 11.1. The smallest absolute Gasteiger partial charge is 0.258 e. The van der Waals surface area contributed by atoms with Crippen molar-refractivity contribution in [2.75, 3.05) is 0 Å². The summed E-state index contributed by atoms with van der Waals surface area (Å²) in [5, 5.41) is 9.96. The van der Waals surface area contributed by atoms with Gasteiger partial charge in [-0.3, -0.25) is 4.79 Å². The van der Waals surface area contributed by atoms with Crippen molar-refractivity contribution in [2.45, 2.75) is 31.6 Å². The molecule has 0 bridgehead atoms. The molecule has 0 amide bonds. The molecular weight excluding hydrogens is 232 g/mol. The SMILES string of the molecule is O=c1[nH]c(-c2ccco2)nc(O)c1C1CCCC1. The van der Waals surface area contributed by atoms with E-state index >= 15 is 0 Å². The zero-order valence-corrected chi connectivity index (χ0v) is 9.85. The highest BCUT2D eigenvalue weighted by molar-refractivity contribution is 5.48. The van der Waals surface area contributed by atoms with Gasteiger partial charge in [-0.2, -0.15) is 4.98 Å². The second-order valence-electron chi connectivity index (χ2n) is 4.61. The van der Waals surface area contributed by atoms with Crippen LogP contribution in [0, 0.1) is 0 Å². The first-order chi connectivity index (χ1) is 8.75. The van der Waals surface area contributed by atoms with Gasteiger partial charge in [-0.1, -0.05) is 12.8 Å². The van der Waals surface area contributed by atoms with Crippen molar-refractivity contribution in [1.82, 2.24) is 9.97 Å². The number of nitrogens with one attached hydrogen (secondary N) is 1. The van der Waals surface area contributed by atoms with E-state index in [2.05, 4.69) is 9.97 Å². The molecule has 5 heteroatoms. The molecule has 3 rings (SSSR count). The van der Waals surface area contributed by atoms with Crippen molar-refractivity contribution in [3.8, 4) is 17.5 Å². The highest BCUT2D eigenvalue weighted by Crippen LogP contribution is 2.35. The highest BCUT2D eigenvalue weighted by atomic mass is 16.3. The summed E-state index contributed by atoms with van der Waals surface area (Å²) in [6.07, 6.45) is 5.58. The molecule has 0 aliphatic heterocycles. The fraction of sp³-hybridized carbons (Fsp3) is 0.385. The predicted molar refractivity (Wildman–Crippen MR) is 65.4 cm³/mol. The summed E-state index contributed by atoms with van der Waals surface area (Å²) in [6.45, 7) is 0. The maximum atomic E-state index is 12.0. The first-order valence-electron chi connectivity index (χ1n) is 6.13. The van der Waals surface area contributed by atoms with Gasteiger partial charge in [0.1, 0.15) is 0 Å². The summed E-state index contributed by atoms with van der Waals surface area (Å²) >= 11 is 0. The predicted octanol–water partition coefficient (Wildman–Crippen LogP) is 2.39. The number of H-pyrrole nitrogens is 1. The standard InChI is InChI=1S/C13H14N2O3/c16-12-10(8-4-1-2-5-8)13(17)15-11(14-12)9-6-3-7-18-9/h3,6-8H,1-2,4-5H2,(H2,14,15,16,17). The number of rotatable bonds is 2. The number of aromatic amines is 1. The van der Waals surface area contributed by atoms with Crippen LogP contribution in [0.3, 0.4) is 0 Å². The maximum Gasteiger partial charge on any atom is 0.258 e. The normalized spacial score (nSPS) is 16.2. The summed E-state index contributed by atoms with van der Waals surface area (Å²) in [5.74, 6) is 0.675. The molecule has 1 aliphatic carbocycles. The number of aromatic hydroxyl groups is 1. The third-order valence-corrected chi connectivity index (χ3v) is 3.45. The van der Waals surface area contributed by atoms with E-state index in [4.69, 9.17) is 4.42 Å². The summed E-state index contributed by atoms with van der Waals surface area (Å²) in [7, 11) is 0. The van der Waals surface area contributed by atoms with Crippen LogP contribution in [0.2, 0.25) is 0 Å². The minimum absolute atomic E-state index is 0.131. The van der Waals surface area contributed by atoms with Gasteiger partial charge >= 0.3 is 0 Å². The monoisotopic (exact) mass is 246 g/mol. The Morgan fingerprint density at radius 3 is 2.78 bits per heavy atom. The molecule has 0 aromatic carbocycles. The lowest BCUT2D eigenvalue weighted by Crippen LogP contribution is -2.17. The summed E-state index contributed by atoms with van der Waals surface area (Å²) in [5.41, 5.74) is 0.156. The number of hydrogen-bond acceptors (Lipinski definition) is 4. The molecule has 2 N–H and O–H groups in total. The molecule has 1 fully saturated rings. The van der Waals surface area contributed by atoms with Crippen molar-refractivity contribution in [3.05, 3.63) is 34.3 Å². The fourth-order valence-electron chi connectivity index (χ4n) is 2.58. The van der Waals surface area contributed by atoms with Gasteiger partial charge in [-0.15, -0.1) is 0 Å². The van der Waals surface area contributed by atoms with Crippen LogP contribution in [0.25, 0.3) is 11.6 Å². The second kappa shape index (κ2) is 4.33. The van der Waals surface area contributed by atoms with Crippen LogP contribution in [0.5, 0.6) is 5.88 Å². The van der Waals surface area contributed by atoms with Gasteiger partial charge in [0, 0.05) is 0 Å². The Kier molecular flexibility index (Phi) is 2.66. The molecule has 1 aliphatic rings. The summed E-state index contributed by atoms with van der Waals surface area (Å²) in [4.78, 5) is 18.7. The lowest BCUT2D eigenvalue weighted by atomic mass is 10.00. The molecule has 1 saturated carbocycles. The van der Waals surface area contributed by atoms with Crippen LogP contribution in [-0.4, -0.2) is 15.1 Å². The Morgan fingerprint density at radius 2 is 2.17 bits per heavy atom. The van der Waals surface area contributed by atoms with Crippen molar-refractivity contribution < 1.29 is 9.52 Å². The second-order valence-corrected chi connectivity index (χ2v) is 4.61. The van der Waals surface area contributed by atoms with E-state index in [1.165, 1.54) is 6.26 Å². The lowest BCUT2D eigenvalue weighted by molar-refractivity contribution is 0.435. The van der Waals surface area contributed by atoms with Gasteiger partial charge in [-0.25, -0.2) is 0 Å². The Bertz CT molecular complexity index is 595. The molecule has 2 aromatic rings. The van der Waals surface area contributed by atoms with E-state index in [1.807, 2.05) is 0 Å². The Labute approximate surface area is 103 Å². The average molecular weight is 246 g/mol. The van der Waals surface area contributed by atoms with Crippen LogP contribution in [-0.2, 0) is 0 Å². The zero-order valence-electron chi connectivity index (χ0n) is 9.85. The van der Waals surface area contributed by atoms with Crippen molar-refractivity contribution in [1.29, 1.82) is 0 Å². The molecule has 0 saturated heterocycles. The average Bonchev–Trinajstić information content (AvgIpc) is 3.01. The number of aromatic nitrogens is 2. The van der Waals surface area contributed by atoms with Gasteiger partial charge in [0.25, 0.3) is 5.56 Å². The summed E-state index contributed by atoms with van der Waals surface area (Å²) < 4.78 is 5.15. The Morgan fingerprint density at radius 1 is 1.39 bits per heavy atom. The minimum atomic E-state index is -0.263. The molecule has 0 atom stereocenters. The van der Waals surface area contributed by atoms with Crippen molar-refractivity contribution in [3.63, 3.8) is 0 Å². The van der Waals surface area contributed by atoms with E-state index in [0.717, 1.165) is 25.7 Å². The van der Waals surface area contributed by atoms with Crippen molar-refractivity contribution >= 4 is 0 Å². The maximum absolute atomic E-state index is 12.0. The topological polar surface area (TPSA) is 79.1 Å². The van der Waals surface area contributed by atoms with Crippen LogP contribution < -0.4 is 5.56 Å². The number of furan rings is 1. The van der Waals surface area contributed by atoms with Crippen LogP contribution in [0.15, 0.2) is 27.6 Å². The molecule has 2 aromatic heterocycles. The van der Waals surface area contributed by atoms with E-state index in [-0.39, 0.29) is 23.2 Å². The van der Waals surface area contributed by atoms with Gasteiger partial charge in [0.15, 0.2) is 11.6 Å². The number of hydrogen-bond donors (Lipinski definition) is 2. The first-order valence-corrected chi connectivity index (χ1v) is 6.13. The van der Waals surface area contributed by atoms with Gasteiger partial charge < -0.3 is 14.5 Å². The fourth-order valence-corrected chi connectivity index (χ4v) is 2.58. The molecule has 0 radical (unpaired) electrons. The molecular formula is C13H14N2O3. The van der Waals surface area contributed by atoms with Crippen LogP contribution >= 0.6 is 0 Å². The molecule has 94 valence electrons. The van der Waals surface area contributed by atoms with E-state index in [1.54, 1.807) is 12.1 Å². The third kappa shape index (κ3) is 1.81. The van der Waals surface area contributed by atoms with E-state index in [0.29, 0.717) is 11.3 Å². The van der Waals surface area contributed by atoms with Crippen molar-refractivity contribution in [2.24, 2.45) is 0 Å². The molecule has 0 spiro atoms. The molecule has 18 heavy (non-hydrogen) atoms. The van der Waals surface area contributed by atoms with E-state index in [9.17, 15) is 9.90 Å². The Balaban J connectivity index is 2.06. The van der Waals surface area contributed by atoms with Crippen LogP contribution in [0.1, 0.15) is 37.2 Å². The quantitative estimate of drug-likeness (QED) is 0.852. The molecule has 0 unspecified atom stereocenters. The van der Waals surface area contributed by atoms with Gasteiger partial charge in [0.05, 0.1) is 11.8 Å². The van der Waals surface area contributed by atoms with Gasteiger partial charge in [0.2, 0.25) is 5.88 Å². The Hall–Kier alpha value is -2.04. The molecule has 2 heterocycles. The zero-order chi connectivity index (χ0) is 12.5. The van der Waals surface area contributed by atoms with E-state index < -0.39 is 0 Å². The third-order valence-electron chi connectivity index (χ3n) is 3.45.